The van der Waals surface area contributed by atoms with Crippen LogP contribution in [0.15, 0.2) is 30.6 Å². The van der Waals surface area contributed by atoms with E-state index in [0.717, 1.165) is 12.5 Å². The predicted octanol–water partition coefficient (Wildman–Crippen LogP) is 4.04. The third-order valence-electron chi connectivity index (χ3n) is 2.96. The number of hydrogen-bond donors (Lipinski definition) is 1. The van der Waals surface area contributed by atoms with Gasteiger partial charge >= 0.3 is 6.18 Å². The molecule has 0 unspecified atom stereocenters. The van der Waals surface area contributed by atoms with Crippen molar-refractivity contribution in [2.24, 2.45) is 0 Å². The van der Waals surface area contributed by atoms with Crippen LogP contribution < -0.4 is 5.32 Å². The van der Waals surface area contributed by atoms with Crippen LogP contribution in [0.4, 0.5) is 13.2 Å². The molecule has 114 valence electrons. The molecular formula is C14H15ClF3N3. The molecule has 2 rings (SSSR count). The van der Waals surface area contributed by atoms with Gasteiger partial charge in [0.2, 0.25) is 0 Å². The average molecular weight is 318 g/mol. The molecule has 0 bridgehead atoms. The first kappa shape index (κ1) is 15.9. The van der Waals surface area contributed by atoms with Gasteiger partial charge in [-0.25, -0.2) is 4.68 Å². The van der Waals surface area contributed by atoms with E-state index in [-0.39, 0.29) is 12.1 Å². The minimum Gasteiger partial charge on any atom is -0.313 e. The van der Waals surface area contributed by atoms with E-state index in [2.05, 4.69) is 10.4 Å². The molecule has 0 spiro atoms. The van der Waals surface area contributed by atoms with Gasteiger partial charge in [-0.15, -0.1) is 0 Å². The molecule has 0 aliphatic carbocycles. The molecule has 0 radical (unpaired) electrons. The highest BCUT2D eigenvalue weighted by atomic mass is 35.5. The fourth-order valence-electron chi connectivity index (χ4n) is 1.97. The second-order valence-electron chi connectivity index (χ2n) is 4.62. The Morgan fingerprint density at radius 1 is 1.33 bits per heavy atom. The second kappa shape index (κ2) is 6.49. The van der Waals surface area contributed by atoms with Gasteiger partial charge in [0.15, 0.2) is 0 Å². The van der Waals surface area contributed by atoms with Crippen LogP contribution in [0.2, 0.25) is 5.02 Å². The lowest BCUT2D eigenvalue weighted by Gasteiger charge is -2.15. The van der Waals surface area contributed by atoms with Crippen molar-refractivity contribution in [3.05, 3.63) is 46.7 Å². The third-order valence-corrected chi connectivity index (χ3v) is 3.15. The number of benzene rings is 1. The first-order valence-corrected chi connectivity index (χ1v) is 6.91. The molecule has 1 heterocycles. The molecule has 3 nitrogen and oxygen atoms in total. The molecular weight excluding hydrogens is 303 g/mol. The smallest absolute Gasteiger partial charge is 0.313 e. The molecule has 0 saturated carbocycles. The lowest BCUT2D eigenvalue weighted by molar-refractivity contribution is -0.138. The van der Waals surface area contributed by atoms with Crippen LogP contribution in [0.25, 0.3) is 5.69 Å². The molecule has 1 aromatic carbocycles. The number of nitrogens with zero attached hydrogens (tertiary/aromatic N) is 2. The standard InChI is InChI=1S/C14H15ClF3N3/c1-2-5-19-7-10-3-4-12(6-13(10)14(16,17)18)21-9-11(15)8-20-21/h3-4,6,8-9,19H,2,5,7H2,1H3. The Morgan fingerprint density at radius 2 is 2.10 bits per heavy atom. The van der Waals surface area contributed by atoms with Crippen LogP contribution in [-0.2, 0) is 12.7 Å². The van der Waals surface area contributed by atoms with E-state index in [1.54, 1.807) is 6.07 Å². The van der Waals surface area contributed by atoms with Crippen molar-refractivity contribution in [1.82, 2.24) is 15.1 Å². The highest BCUT2D eigenvalue weighted by molar-refractivity contribution is 6.30. The monoisotopic (exact) mass is 317 g/mol. The SMILES string of the molecule is CCCNCc1ccc(-n2cc(Cl)cn2)cc1C(F)(F)F. The van der Waals surface area contributed by atoms with Crippen LogP contribution in [-0.4, -0.2) is 16.3 Å². The Bertz CT molecular complexity index is 608. The number of halogens is 4. The van der Waals surface area contributed by atoms with E-state index < -0.39 is 11.7 Å². The minimum atomic E-state index is -4.41. The molecule has 0 fully saturated rings. The summed E-state index contributed by atoms with van der Waals surface area (Å²) in [6.07, 6.45) is -0.695. The van der Waals surface area contributed by atoms with Crippen molar-refractivity contribution in [2.75, 3.05) is 6.54 Å². The molecule has 0 aliphatic heterocycles. The quantitative estimate of drug-likeness (QED) is 0.843. The number of hydrogen-bond acceptors (Lipinski definition) is 2. The van der Waals surface area contributed by atoms with Crippen LogP contribution in [0.5, 0.6) is 0 Å². The van der Waals surface area contributed by atoms with Crippen LogP contribution >= 0.6 is 11.6 Å². The van der Waals surface area contributed by atoms with Gasteiger partial charge in [-0.2, -0.15) is 18.3 Å². The molecule has 7 heteroatoms. The van der Waals surface area contributed by atoms with Gasteiger partial charge in [-0.05, 0) is 30.7 Å². The van der Waals surface area contributed by atoms with Crippen molar-refractivity contribution in [3.63, 3.8) is 0 Å². The number of aromatic nitrogens is 2. The maximum absolute atomic E-state index is 13.2. The number of alkyl halides is 3. The Labute approximate surface area is 125 Å². The minimum absolute atomic E-state index is 0.183. The molecule has 0 amide bonds. The van der Waals surface area contributed by atoms with Gasteiger partial charge in [-0.3, -0.25) is 0 Å². The zero-order valence-electron chi connectivity index (χ0n) is 11.4. The first-order chi connectivity index (χ1) is 9.91. The van der Waals surface area contributed by atoms with Gasteiger partial charge < -0.3 is 5.32 Å². The fourth-order valence-corrected chi connectivity index (χ4v) is 2.10. The molecule has 1 N–H and O–H groups in total. The zero-order chi connectivity index (χ0) is 15.5. The Kier molecular flexibility index (Phi) is 4.90. The fraction of sp³-hybridized carbons (Fsp3) is 0.357. The number of nitrogens with one attached hydrogen (secondary N) is 1. The Hall–Kier alpha value is -1.53. The van der Waals surface area contributed by atoms with E-state index in [1.807, 2.05) is 6.92 Å². The van der Waals surface area contributed by atoms with Crippen molar-refractivity contribution in [2.45, 2.75) is 26.1 Å². The maximum atomic E-state index is 13.2. The van der Waals surface area contributed by atoms with Gasteiger partial charge in [0.25, 0.3) is 0 Å². The van der Waals surface area contributed by atoms with Gasteiger partial charge in [0.05, 0.1) is 22.5 Å². The number of rotatable bonds is 5. The molecule has 1 aromatic heterocycles. The van der Waals surface area contributed by atoms with Crippen molar-refractivity contribution >= 4 is 11.6 Å². The summed E-state index contributed by atoms with van der Waals surface area (Å²) in [7, 11) is 0. The molecule has 21 heavy (non-hydrogen) atoms. The van der Waals surface area contributed by atoms with Crippen LogP contribution in [0, 0.1) is 0 Å². The van der Waals surface area contributed by atoms with Crippen molar-refractivity contribution in [3.8, 4) is 5.69 Å². The highest BCUT2D eigenvalue weighted by Crippen LogP contribution is 2.33. The molecule has 0 saturated heterocycles. The summed E-state index contributed by atoms with van der Waals surface area (Å²) in [6.45, 7) is 2.82. The lowest BCUT2D eigenvalue weighted by Crippen LogP contribution is -2.18. The predicted molar refractivity (Wildman–Crippen MR) is 75.6 cm³/mol. The summed E-state index contributed by atoms with van der Waals surface area (Å²) in [6, 6.07) is 4.16. The summed E-state index contributed by atoms with van der Waals surface area (Å²) in [4.78, 5) is 0. The Morgan fingerprint density at radius 3 is 2.67 bits per heavy atom. The Balaban J connectivity index is 2.35. The van der Waals surface area contributed by atoms with Crippen LogP contribution in [0.3, 0.4) is 0 Å². The lowest BCUT2D eigenvalue weighted by atomic mass is 10.1. The molecule has 2 aromatic rings. The normalized spacial score (nSPS) is 11.9. The van der Waals surface area contributed by atoms with Gasteiger partial charge in [0, 0.05) is 12.7 Å². The van der Waals surface area contributed by atoms with Crippen LogP contribution in [0.1, 0.15) is 24.5 Å². The molecule has 0 aliphatic rings. The molecule has 0 atom stereocenters. The summed E-state index contributed by atoms with van der Waals surface area (Å²) >= 11 is 5.74. The van der Waals surface area contributed by atoms with E-state index in [0.29, 0.717) is 17.3 Å². The van der Waals surface area contributed by atoms with Crippen molar-refractivity contribution < 1.29 is 13.2 Å². The van der Waals surface area contributed by atoms with E-state index in [9.17, 15) is 13.2 Å². The summed E-state index contributed by atoms with van der Waals surface area (Å²) in [5.74, 6) is 0. The van der Waals surface area contributed by atoms with Crippen molar-refractivity contribution in [1.29, 1.82) is 0 Å². The van der Waals surface area contributed by atoms with Gasteiger partial charge in [0.1, 0.15) is 0 Å². The average Bonchev–Trinajstić information content (AvgIpc) is 2.85. The topological polar surface area (TPSA) is 29.9 Å². The summed E-state index contributed by atoms with van der Waals surface area (Å²) < 4.78 is 40.8. The zero-order valence-corrected chi connectivity index (χ0v) is 12.2. The van der Waals surface area contributed by atoms with Gasteiger partial charge in [-0.1, -0.05) is 24.6 Å². The summed E-state index contributed by atoms with van der Waals surface area (Å²) in [5, 5.41) is 7.27. The summed E-state index contributed by atoms with van der Waals surface area (Å²) in [5.41, 5.74) is -0.110. The highest BCUT2D eigenvalue weighted by Gasteiger charge is 2.33. The van der Waals surface area contributed by atoms with E-state index >= 15 is 0 Å². The largest absolute Gasteiger partial charge is 0.416 e. The third kappa shape index (κ3) is 3.98. The second-order valence-corrected chi connectivity index (χ2v) is 5.06. The first-order valence-electron chi connectivity index (χ1n) is 6.53. The maximum Gasteiger partial charge on any atom is 0.416 e. The van der Waals surface area contributed by atoms with E-state index in [1.165, 1.54) is 23.1 Å². The van der Waals surface area contributed by atoms with E-state index in [4.69, 9.17) is 11.6 Å².